The van der Waals surface area contributed by atoms with Crippen LogP contribution in [0.2, 0.25) is 0 Å². The number of rotatable bonds is 7. The van der Waals surface area contributed by atoms with E-state index >= 15 is 0 Å². The van der Waals surface area contributed by atoms with Crippen molar-refractivity contribution < 1.29 is 0 Å². The van der Waals surface area contributed by atoms with E-state index in [1.54, 1.807) is 0 Å². The van der Waals surface area contributed by atoms with Crippen LogP contribution in [0.4, 0.5) is 0 Å². The average Bonchev–Trinajstić information content (AvgIpc) is 3.29. The summed E-state index contributed by atoms with van der Waals surface area (Å²) in [5, 5.41) is 3.48. The topological polar surface area (TPSA) is 38.7 Å². The quantitative estimate of drug-likeness (QED) is 0.154. The number of aromatic nitrogens is 3. The Morgan fingerprint density at radius 2 is 0.696 bits per heavy atom. The molecule has 10 aromatic rings. The van der Waals surface area contributed by atoms with E-state index in [4.69, 9.17) is 15.0 Å². The van der Waals surface area contributed by atoms with Gasteiger partial charge in [-0.15, -0.1) is 0 Å². The minimum absolute atomic E-state index is 0.690. The third kappa shape index (κ3) is 6.31. The molecule has 0 aliphatic rings. The zero-order valence-electron chi connectivity index (χ0n) is 30.5. The predicted octanol–water partition coefficient (Wildman–Crippen LogP) is 13.8. The molecule has 56 heavy (non-hydrogen) atoms. The molecule has 2 heterocycles. The zero-order valence-corrected chi connectivity index (χ0v) is 30.5. The summed E-state index contributed by atoms with van der Waals surface area (Å²) in [7, 11) is 0. The number of nitrogens with zero attached hydrogens (tertiary/aromatic N) is 3. The Kier molecular flexibility index (Phi) is 8.51. The fourth-order valence-corrected chi connectivity index (χ4v) is 7.66. The van der Waals surface area contributed by atoms with Gasteiger partial charge in [-0.05, 0) is 45.5 Å². The summed E-state index contributed by atoms with van der Waals surface area (Å²) < 4.78 is 0. The molecule has 3 heteroatoms. The van der Waals surface area contributed by atoms with E-state index in [0.717, 1.165) is 66.8 Å². The van der Waals surface area contributed by atoms with Crippen molar-refractivity contribution in [3.63, 3.8) is 0 Å². The summed E-state index contributed by atoms with van der Waals surface area (Å²) in [6.07, 6.45) is 0. The highest BCUT2D eigenvalue weighted by Gasteiger charge is 2.16. The van der Waals surface area contributed by atoms with Crippen LogP contribution in [0.3, 0.4) is 0 Å². The van der Waals surface area contributed by atoms with Gasteiger partial charge in [-0.2, -0.15) is 0 Å². The van der Waals surface area contributed by atoms with Gasteiger partial charge in [-0.1, -0.05) is 200 Å². The van der Waals surface area contributed by atoms with Crippen LogP contribution in [0.5, 0.6) is 0 Å². The first-order valence-corrected chi connectivity index (χ1v) is 18.9. The second kappa shape index (κ2) is 14.4. The average molecular weight is 714 g/mol. The molecule has 8 aromatic carbocycles. The van der Waals surface area contributed by atoms with Gasteiger partial charge in [-0.3, -0.25) is 0 Å². The lowest BCUT2D eigenvalue weighted by atomic mass is 9.92. The highest BCUT2D eigenvalue weighted by Crippen LogP contribution is 2.39. The van der Waals surface area contributed by atoms with Crippen molar-refractivity contribution in [3.05, 3.63) is 212 Å². The van der Waals surface area contributed by atoms with Gasteiger partial charge < -0.3 is 0 Å². The zero-order chi connectivity index (χ0) is 37.3. The Morgan fingerprint density at radius 1 is 0.268 bits per heavy atom. The molecule has 2 aromatic heterocycles. The predicted molar refractivity (Wildman–Crippen MR) is 233 cm³/mol. The Labute approximate surface area is 326 Å². The molecule has 0 spiro atoms. The first-order chi connectivity index (χ1) is 27.7. The molecule has 0 aliphatic carbocycles. The smallest absolute Gasteiger partial charge is 0.160 e. The van der Waals surface area contributed by atoms with E-state index in [1.165, 1.54) is 27.6 Å². The van der Waals surface area contributed by atoms with Crippen molar-refractivity contribution in [1.82, 2.24) is 15.0 Å². The molecule has 3 nitrogen and oxygen atoms in total. The molecule has 0 aliphatic heterocycles. The van der Waals surface area contributed by atoms with Gasteiger partial charge in [0.15, 0.2) is 5.82 Å². The summed E-state index contributed by atoms with van der Waals surface area (Å²) in [4.78, 5) is 15.5. The maximum Gasteiger partial charge on any atom is 0.160 e. The van der Waals surface area contributed by atoms with Gasteiger partial charge in [0.2, 0.25) is 0 Å². The van der Waals surface area contributed by atoms with Gasteiger partial charge in [-0.25, -0.2) is 15.0 Å². The fraction of sp³-hybridized carbons (Fsp3) is 0. The van der Waals surface area contributed by atoms with Crippen molar-refractivity contribution >= 4 is 21.7 Å². The molecule has 0 fully saturated rings. The molecule has 0 amide bonds. The highest BCUT2D eigenvalue weighted by atomic mass is 14.9. The van der Waals surface area contributed by atoms with Crippen molar-refractivity contribution in [2.24, 2.45) is 0 Å². The normalized spacial score (nSPS) is 11.2. The first-order valence-electron chi connectivity index (χ1n) is 18.9. The SMILES string of the molecule is c1ccc(-c2ccc(-c3cc(-c4ccc(-c5cccc6c(-c7ccccc7)nc7ccccc7c56)cc4)nc(-c4ccc(-c5ccccc5)cc4)n3)cc2)cc1. The Balaban J connectivity index is 1.07. The Morgan fingerprint density at radius 3 is 1.27 bits per heavy atom. The number of benzene rings is 8. The van der Waals surface area contributed by atoms with Crippen molar-refractivity contribution in [2.75, 3.05) is 0 Å². The molecular weight excluding hydrogens is 679 g/mol. The summed E-state index contributed by atoms with van der Waals surface area (Å²) in [5.41, 5.74) is 14.9. The van der Waals surface area contributed by atoms with Crippen LogP contribution in [0, 0.1) is 0 Å². The molecule has 262 valence electrons. The number of fused-ring (bicyclic) bond motifs is 3. The number of hydrogen-bond donors (Lipinski definition) is 0. The molecule has 0 saturated carbocycles. The van der Waals surface area contributed by atoms with Crippen molar-refractivity contribution in [1.29, 1.82) is 0 Å². The molecule has 0 N–H and O–H groups in total. The lowest BCUT2D eigenvalue weighted by Gasteiger charge is -2.15. The molecule has 0 radical (unpaired) electrons. The maximum atomic E-state index is 5.19. The third-order valence-electron chi connectivity index (χ3n) is 10.5. The summed E-state index contributed by atoms with van der Waals surface area (Å²) in [6, 6.07) is 74.5. The van der Waals surface area contributed by atoms with Crippen LogP contribution in [0.25, 0.3) is 100 Å². The van der Waals surface area contributed by atoms with Gasteiger partial charge in [0, 0.05) is 38.4 Å². The van der Waals surface area contributed by atoms with Gasteiger partial charge >= 0.3 is 0 Å². The number of pyridine rings is 1. The summed E-state index contributed by atoms with van der Waals surface area (Å²) >= 11 is 0. The molecule has 0 saturated heterocycles. The van der Waals surface area contributed by atoms with E-state index in [-0.39, 0.29) is 0 Å². The van der Waals surface area contributed by atoms with Crippen LogP contribution in [0.1, 0.15) is 0 Å². The van der Waals surface area contributed by atoms with Crippen LogP contribution in [-0.2, 0) is 0 Å². The van der Waals surface area contributed by atoms with E-state index in [9.17, 15) is 0 Å². The monoisotopic (exact) mass is 713 g/mol. The van der Waals surface area contributed by atoms with E-state index in [1.807, 2.05) is 18.2 Å². The molecular formula is C53H35N3. The molecule has 0 unspecified atom stereocenters. The van der Waals surface area contributed by atoms with E-state index < -0.39 is 0 Å². The Bertz CT molecular complexity index is 2860. The van der Waals surface area contributed by atoms with Gasteiger partial charge in [0.05, 0.1) is 22.6 Å². The Hall–Kier alpha value is -7.49. The third-order valence-corrected chi connectivity index (χ3v) is 10.5. The first kappa shape index (κ1) is 33.1. The standard InChI is InChI=1S/C53H35N3/c1-4-13-36(14-5-1)38-23-29-41(30-24-38)49-35-50(56-53(55-49)44-33-25-39(26-34-44)37-15-6-2-7-16-37)42-31-27-40(28-32-42)45-20-12-21-47-51(45)46-19-10-11-22-48(46)54-52(47)43-17-8-3-9-18-43/h1-35H. The van der Waals surface area contributed by atoms with E-state index in [0.29, 0.717) is 5.82 Å². The fourth-order valence-electron chi connectivity index (χ4n) is 7.66. The number of para-hydroxylation sites is 1. The minimum Gasteiger partial charge on any atom is -0.247 e. The summed E-state index contributed by atoms with van der Waals surface area (Å²) in [6.45, 7) is 0. The molecule has 0 bridgehead atoms. The van der Waals surface area contributed by atoms with Crippen molar-refractivity contribution in [3.8, 4) is 78.5 Å². The summed E-state index contributed by atoms with van der Waals surface area (Å²) in [5.74, 6) is 0.690. The second-order valence-electron chi connectivity index (χ2n) is 14.0. The van der Waals surface area contributed by atoms with Crippen LogP contribution < -0.4 is 0 Å². The van der Waals surface area contributed by atoms with Crippen LogP contribution in [0.15, 0.2) is 212 Å². The minimum atomic E-state index is 0.690. The van der Waals surface area contributed by atoms with Gasteiger partial charge in [0.1, 0.15) is 0 Å². The molecule has 0 atom stereocenters. The second-order valence-corrected chi connectivity index (χ2v) is 14.0. The van der Waals surface area contributed by atoms with Gasteiger partial charge in [0.25, 0.3) is 0 Å². The maximum absolute atomic E-state index is 5.19. The lowest BCUT2D eigenvalue weighted by molar-refractivity contribution is 1.18. The lowest BCUT2D eigenvalue weighted by Crippen LogP contribution is -1.96. The van der Waals surface area contributed by atoms with Crippen LogP contribution in [-0.4, -0.2) is 15.0 Å². The number of hydrogen-bond acceptors (Lipinski definition) is 3. The van der Waals surface area contributed by atoms with Crippen LogP contribution >= 0.6 is 0 Å². The van der Waals surface area contributed by atoms with E-state index in [2.05, 4.69) is 194 Å². The largest absolute Gasteiger partial charge is 0.247 e. The molecule has 10 rings (SSSR count). The highest BCUT2D eigenvalue weighted by molar-refractivity contribution is 6.17. The van der Waals surface area contributed by atoms with Crippen molar-refractivity contribution in [2.45, 2.75) is 0 Å².